The quantitative estimate of drug-likeness (QED) is 0.703. The highest BCUT2D eigenvalue weighted by atomic mass is 16.5. The van der Waals surface area contributed by atoms with Gasteiger partial charge in [0.05, 0.1) is 25.3 Å². The molecule has 0 radical (unpaired) electrons. The number of primary amides is 1. The molecule has 1 aromatic heterocycles. The van der Waals surface area contributed by atoms with E-state index in [-0.39, 0.29) is 5.56 Å². The van der Waals surface area contributed by atoms with E-state index in [9.17, 15) is 9.59 Å². The summed E-state index contributed by atoms with van der Waals surface area (Å²) in [4.78, 5) is 24.4. The fourth-order valence-corrected chi connectivity index (χ4v) is 2.74. The first-order valence-corrected chi connectivity index (χ1v) is 7.44. The summed E-state index contributed by atoms with van der Waals surface area (Å²) in [6.07, 6.45) is 1.58. The normalized spacial score (nSPS) is 10.6. The van der Waals surface area contributed by atoms with Crippen LogP contribution in [0.1, 0.15) is 10.4 Å². The molecule has 0 spiro atoms. The molecule has 3 rings (SSSR count). The Morgan fingerprint density at radius 3 is 2.44 bits per heavy atom. The standard InChI is InChI=1S/C18H17N3O4/c1-24-13-9-14(25-2)16(19)12-6-7-21(18(23)15(12)13)11-5-3-4-10(8-11)17(20)22/h3-9H,19H2,1-2H3,(H2,20,22). The molecule has 128 valence electrons. The molecule has 0 bridgehead atoms. The molecular weight excluding hydrogens is 322 g/mol. The first-order chi connectivity index (χ1) is 12.0. The van der Waals surface area contributed by atoms with Gasteiger partial charge >= 0.3 is 0 Å². The van der Waals surface area contributed by atoms with Crippen LogP contribution in [0.5, 0.6) is 11.5 Å². The highest BCUT2D eigenvalue weighted by Crippen LogP contribution is 2.36. The Hall–Kier alpha value is -3.48. The lowest BCUT2D eigenvalue weighted by atomic mass is 10.1. The summed E-state index contributed by atoms with van der Waals surface area (Å²) < 4.78 is 12.0. The fraction of sp³-hybridized carbons (Fsp3) is 0.111. The maximum absolute atomic E-state index is 13.0. The lowest BCUT2D eigenvalue weighted by Crippen LogP contribution is -2.19. The Morgan fingerprint density at radius 1 is 1.08 bits per heavy atom. The van der Waals surface area contributed by atoms with Crippen LogP contribution in [0, 0.1) is 0 Å². The van der Waals surface area contributed by atoms with E-state index >= 15 is 0 Å². The van der Waals surface area contributed by atoms with Crippen LogP contribution in [-0.4, -0.2) is 24.7 Å². The van der Waals surface area contributed by atoms with Crippen molar-refractivity contribution in [1.82, 2.24) is 4.57 Å². The molecule has 1 heterocycles. The van der Waals surface area contributed by atoms with Gasteiger partial charge in [0.1, 0.15) is 11.5 Å². The minimum atomic E-state index is -0.567. The summed E-state index contributed by atoms with van der Waals surface area (Å²) in [7, 11) is 2.96. The first-order valence-electron chi connectivity index (χ1n) is 7.44. The van der Waals surface area contributed by atoms with Gasteiger partial charge in [-0.1, -0.05) is 6.07 Å². The minimum absolute atomic E-state index is 0.311. The summed E-state index contributed by atoms with van der Waals surface area (Å²) in [6.45, 7) is 0. The van der Waals surface area contributed by atoms with Crippen LogP contribution in [0.2, 0.25) is 0 Å². The van der Waals surface area contributed by atoms with Crippen LogP contribution in [0.25, 0.3) is 16.5 Å². The third-order valence-corrected chi connectivity index (χ3v) is 4.01. The Bertz CT molecular complexity index is 1040. The zero-order chi connectivity index (χ0) is 18.1. The second-order valence-corrected chi connectivity index (χ2v) is 5.39. The van der Waals surface area contributed by atoms with Crippen molar-refractivity contribution in [2.45, 2.75) is 0 Å². The molecule has 0 saturated carbocycles. The summed E-state index contributed by atoms with van der Waals surface area (Å²) in [5.74, 6) is 0.214. The van der Waals surface area contributed by atoms with E-state index in [0.717, 1.165) is 0 Å². The number of methoxy groups -OCH3 is 2. The van der Waals surface area contributed by atoms with Gasteiger partial charge in [0.25, 0.3) is 5.56 Å². The van der Waals surface area contributed by atoms with Crippen LogP contribution < -0.4 is 26.5 Å². The van der Waals surface area contributed by atoms with E-state index in [1.165, 1.54) is 18.8 Å². The average Bonchev–Trinajstić information content (AvgIpc) is 2.62. The van der Waals surface area contributed by atoms with Crippen LogP contribution in [0.4, 0.5) is 5.69 Å². The molecule has 0 aliphatic heterocycles. The number of amides is 1. The third kappa shape index (κ3) is 2.65. The number of rotatable bonds is 4. The molecule has 0 unspecified atom stereocenters. The number of carbonyl (C=O) groups excluding carboxylic acids is 1. The third-order valence-electron chi connectivity index (χ3n) is 4.01. The number of ether oxygens (including phenoxy) is 2. The highest BCUT2D eigenvalue weighted by Gasteiger charge is 2.16. The predicted octanol–water partition coefficient (Wildman–Crippen LogP) is 1.69. The van der Waals surface area contributed by atoms with Gasteiger partial charge < -0.3 is 20.9 Å². The lowest BCUT2D eigenvalue weighted by Gasteiger charge is -2.14. The first kappa shape index (κ1) is 16.4. The molecule has 2 aromatic carbocycles. The van der Waals surface area contributed by atoms with Crippen molar-refractivity contribution in [3.63, 3.8) is 0 Å². The van der Waals surface area contributed by atoms with Crippen molar-refractivity contribution in [3.05, 3.63) is 58.5 Å². The summed E-state index contributed by atoms with van der Waals surface area (Å²) >= 11 is 0. The van der Waals surface area contributed by atoms with E-state index in [1.807, 2.05) is 0 Å². The number of anilines is 1. The highest BCUT2D eigenvalue weighted by molar-refractivity contribution is 5.99. The van der Waals surface area contributed by atoms with Crippen LogP contribution in [0.15, 0.2) is 47.4 Å². The molecule has 7 heteroatoms. The smallest absolute Gasteiger partial charge is 0.266 e. The molecular formula is C18H17N3O4. The second-order valence-electron chi connectivity index (χ2n) is 5.39. The van der Waals surface area contributed by atoms with Gasteiger partial charge in [0, 0.05) is 28.9 Å². The SMILES string of the molecule is COc1cc(OC)c2c(=O)n(-c3cccc(C(N)=O)c3)ccc2c1N. The largest absolute Gasteiger partial charge is 0.496 e. The number of hydrogen-bond acceptors (Lipinski definition) is 5. The van der Waals surface area contributed by atoms with Gasteiger partial charge in [-0.25, -0.2) is 0 Å². The number of pyridine rings is 1. The molecule has 3 aromatic rings. The minimum Gasteiger partial charge on any atom is -0.496 e. The molecule has 25 heavy (non-hydrogen) atoms. The molecule has 1 amide bonds. The summed E-state index contributed by atoms with van der Waals surface area (Å²) in [5, 5.41) is 0.858. The Balaban J connectivity index is 2.33. The topological polar surface area (TPSA) is 110 Å². The van der Waals surface area contributed by atoms with Gasteiger partial charge in [-0.3, -0.25) is 14.2 Å². The zero-order valence-electron chi connectivity index (χ0n) is 13.8. The monoisotopic (exact) mass is 339 g/mol. The Labute approximate surface area is 143 Å². The number of nitrogen functional groups attached to an aromatic ring is 1. The lowest BCUT2D eigenvalue weighted by molar-refractivity contribution is 0.1000. The molecule has 0 atom stereocenters. The Morgan fingerprint density at radius 2 is 1.80 bits per heavy atom. The molecule has 4 N–H and O–H groups in total. The number of benzene rings is 2. The van der Waals surface area contributed by atoms with Crippen LogP contribution >= 0.6 is 0 Å². The van der Waals surface area contributed by atoms with Gasteiger partial charge in [-0.2, -0.15) is 0 Å². The number of nitrogens with zero attached hydrogens (tertiary/aromatic N) is 1. The fourth-order valence-electron chi connectivity index (χ4n) is 2.74. The number of carbonyl (C=O) groups is 1. The van der Waals surface area contributed by atoms with Gasteiger partial charge in [-0.05, 0) is 24.3 Å². The van der Waals surface area contributed by atoms with E-state index < -0.39 is 5.91 Å². The molecule has 0 fully saturated rings. The van der Waals surface area contributed by atoms with E-state index in [1.54, 1.807) is 42.6 Å². The maximum atomic E-state index is 13.0. The van der Waals surface area contributed by atoms with Crippen molar-refractivity contribution >= 4 is 22.4 Å². The van der Waals surface area contributed by atoms with Gasteiger partial charge in [0.15, 0.2) is 0 Å². The van der Waals surface area contributed by atoms with E-state index in [0.29, 0.717) is 39.2 Å². The molecule has 0 aliphatic rings. The van der Waals surface area contributed by atoms with Crippen molar-refractivity contribution < 1.29 is 14.3 Å². The average molecular weight is 339 g/mol. The number of nitrogens with two attached hydrogens (primary N) is 2. The van der Waals surface area contributed by atoms with Gasteiger partial charge in [0.2, 0.25) is 5.91 Å². The maximum Gasteiger partial charge on any atom is 0.266 e. The van der Waals surface area contributed by atoms with Gasteiger partial charge in [-0.15, -0.1) is 0 Å². The second kappa shape index (κ2) is 6.20. The van der Waals surface area contributed by atoms with Crippen molar-refractivity contribution in [2.24, 2.45) is 5.73 Å². The van der Waals surface area contributed by atoms with Crippen molar-refractivity contribution in [2.75, 3.05) is 20.0 Å². The number of aromatic nitrogens is 1. The van der Waals surface area contributed by atoms with Crippen LogP contribution in [-0.2, 0) is 0 Å². The molecule has 0 saturated heterocycles. The number of fused-ring (bicyclic) bond motifs is 1. The summed E-state index contributed by atoms with van der Waals surface area (Å²) in [5.41, 5.74) is 12.2. The molecule has 0 aliphatic carbocycles. The summed E-state index contributed by atoms with van der Waals surface area (Å²) in [6, 6.07) is 9.78. The van der Waals surface area contributed by atoms with Crippen molar-refractivity contribution in [1.29, 1.82) is 0 Å². The van der Waals surface area contributed by atoms with Crippen molar-refractivity contribution in [3.8, 4) is 17.2 Å². The van der Waals surface area contributed by atoms with E-state index in [4.69, 9.17) is 20.9 Å². The van der Waals surface area contributed by atoms with Crippen LogP contribution in [0.3, 0.4) is 0 Å². The number of hydrogen-bond donors (Lipinski definition) is 2. The Kier molecular flexibility index (Phi) is 4.06. The van der Waals surface area contributed by atoms with E-state index in [2.05, 4.69) is 0 Å². The molecule has 7 nitrogen and oxygen atoms in total. The predicted molar refractivity (Wildman–Crippen MR) is 95.6 cm³/mol. The zero-order valence-corrected chi connectivity index (χ0v) is 13.8.